The first-order valence-corrected chi connectivity index (χ1v) is 20.7. The lowest BCUT2D eigenvalue weighted by Crippen LogP contribution is -2.21. The molecule has 0 amide bonds. The molecule has 0 saturated heterocycles. The molecule has 0 aliphatic carbocycles. The Balaban J connectivity index is 0.000000212. The van der Waals surface area contributed by atoms with Crippen molar-refractivity contribution >= 4 is 74.9 Å². The molecule has 53 heavy (non-hydrogen) atoms. The summed E-state index contributed by atoms with van der Waals surface area (Å²) in [4.78, 5) is 14.7. The van der Waals surface area contributed by atoms with Crippen molar-refractivity contribution in [3.8, 4) is 22.8 Å². The van der Waals surface area contributed by atoms with E-state index in [1.807, 2.05) is 0 Å². The number of aromatic amines is 2. The van der Waals surface area contributed by atoms with Gasteiger partial charge in [0.15, 0.2) is 0 Å². The quantitative estimate of drug-likeness (QED) is 0.0620. The van der Waals surface area contributed by atoms with Gasteiger partial charge in [0.05, 0.1) is 60.7 Å². The number of aliphatic hydroxyl groups is 3. The number of benzene rings is 2. The summed E-state index contributed by atoms with van der Waals surface area (Å²) in [6, 6.07) is 19.4. The van der Waals surface area contributed by atoms with Gasteiger partial charge in [-0.1, -0.05) is 47.5 Å². The summed E-state index contributed by atoms with van der Waals surface area (Å²) in [7, 11) is -2.34. The highest BCUT2D eigenvalue weighted by molar-refractivity contribution is 8.13. The third-order valence-electron chi connectivity index (χ3n) is 7.22. The molecule has 5 N–H and O–H groups in total. The molecule has 4 heterocycles. The molecule has 0 spiro atoms. The van der Waals surface area contributed by atoms with Gasteiger partial charge in [-0.15, -0.1) is 0 Å². The van der Waals surface area contributed by atoms with Crippen molar-refractivity contribution in [1.82, 2.24) is 19.9 Å². The second-order valence-electron chi connectivity index (χ2n) is 11.6. The number of H-pyrrole nitrogens is 2. The summed E-state index contributed by atoms with van der Waals surface area (Å²) >= 11 is 11.9. The monoisotopic (exact) mass is 832 g/mol. The Bertz CT molecular complexity index is 2420. The summed E-state index contributed by atoms with van der Waals surface area (Å²) in [5.74, 6) is -0.686. The Hall–Kier alpha value is -3.71. The molecule has 284 valence electrons. The molecule has 0 radical (unpaired) electrons. The number of hydrogen-bond donors (Lipinski definition) is 5. The molecule has 0 aliphatic rings. The van der Waals surface area contributed by atoms with Crippen LogP contribution in [0.5, 0.6) is 0 Å². The van der Waals surface area contributed by atoms with E-state index in [9.17, 15) is 35.8 Å². The maximum Gasteiger partial charge on any atom is 0.264 e. The standard InChI is InChI=1S/C17H16ClFN2O4S.C16H14ClFN2O2.CH3ClO2S/c1-26(23,24)25-9-11(22)7-10-5-6-16(18)21-17(10)15-8-12-13(19)3-2-4-14(12)20-15;17-15-5-4-9(6-10(22)8-21)16(20-15)14-7-11-12(18)2-1-3-13(11)19-14;1-5(2,3)4/h2-6,8,11,20,22H,7,9H2,1H3;1-5,7,10,19,21-22H,6,8H2;1H3. The van der Waals surface area contributed by atoms with Crippen LogP contribution < -0.4 is 0 Å². The van der Waals surface area contributed by atoms with Crippen LogP contribution >= 0.6 is 33.9 Å². The predicted octanol–water partition coefficient (Wildman–Crippen LogP) is 6.00. The van der Waals surface area contributed by atoms with Crippen LogP contribution in [0.2, 0.25) is 10.3 Å². The Morgan fingerprint density at radius 2 is 1.15 bits per heavy atom. The van der Waals surface area contributed by atoms with Crippen LogP contribution in [-0.2, 0) is 36.2 Å². The number of nitrogens with zero attached hydrogens (tertiary/aromatic N) is 2. The zero-order chi connectivity index (χ0) is 39.1. The van der Waals surface area contributed by atoms with Crippen molar-refractivity contribution in [2.24, 2.45) is 0 Å². The van der Waals surface area contributed by atoms with E-state index < -0.39 is 31.4 Å². The first kappa shape index (κ1) is 42.0. The molecule has 2 unspecified atom stereocenters. The number of hydrogen-bond acceptors (Lipinski definition) is 10. The summed E-state index contributed by atoms with van der Waals surface area (Å²) in [6.45, 7) is -0.717. The largest absolute Gasteiger partial charge is 0.394 e. The average Bonchev–Trinajstić information content (AvgIpc) is 3.71. The first-order chi connectivity index (χ1) is 24.8. The van der Waals surface area contributed by atoms with Gasteiger partial charge < -0.3 is 25.3 Å². The van der Waals surface area contributed by atoms with Crippen LogP contribution in [0.25, 0.3) is 44.6 Å². The second kappa shape index (κ2) is 18.1. The third-order valence-corrected chi connectivity index (χ3v) is 8.20. The fourth-order valence-corrected chi connectivity index (χ4v) is 5.75. The summed E-state index contributed by atoms with van der Waals surface area (Å²) in [6.07, 6.45) is 0.207. The van der Waals surface area contributed by atoms with Crippen LogP contribution in [0.4, 0.5) is 8.78 Å². The minimum Gasteiger partial charge on any atom is -0.394 e. The van der Waals surface area contributed by atoms with Crippen LogP contribution in [-0.4, -0.2) is 90.0 Å². The Morgan fingerprint density at radius 1 is 0.736 bits per heavy atom. The highest BCUT2D eigenvalue weighted by Crippen LogP contribution is 2.30. The molecule has 0 fully saturated rings. The van der Waals surface area contributed by atoms with Crippen molar-refractivity contribution < 1.29 is 45.1 Å². The molecule has 0 aliphatic heterocycles. The zero-order valence-corrected chi connectivity index (χ0v) is 31.8. The van der Waals surface area contributed by atoms with E-state index in [0.29, 0.717) is 55.3 Å². The van der Waals surface area contributed by atoms with E-state index in [-0.39, 0.29) is 42.8 Å². The maximum atomic E-state index is 13.9. The lowest BCUT2D eigenvalue weighted by atomic mass is 10.0. The second-order valence-corrected chi connectivity index (χ2v) is 17.1. The molecular weight excluding hydrogens is 801 g/mol. The molecule has 2 atom stereocenters. The van der Waals surface area contributed by atoms with E-state index in [0.717, 1.165) is 18.1 Å². The van der Waals surface area contributed by atoms with Crippen LogP contribution in [0.1, 0.15) is 11.1 Å². The molecule has 0 saturated carbocycles. The molecule has 2 aromatic carbocycles. The molecule has 12 nitrogen and oxygen atoms in total. The van der Waals surface area contributed by atoms with Gasteiger partial charge in [0, 0.05) is 45.3 Å². The summed E-state index contributed by atoms with van der Waals surface area (Å²) < 4.78 is 73.3. The third kappa shape index (κ3) is 12.7. The van der Waals surface area contributed by atoms with Gasteiger partial charge >= 0.3 is 0 Å². The van der Waals surface area contributed by atoms with Gasteiger partial charge in [0.2, 0.25) is 9.05 Å². The van der Waals surface area contributed by atoms with Gasteiger partial charge in [-0.05, 0) is 59.7 Å². The minimum absolute atomic E-state index is 0.0901. The number of aliphatic hydroxyl groups excluding tert-OH is 3. The molecule has 6 aromatic rings. The maximum absolute atomic E-state index is 13.9. The van der Waals surface area contributed by atoms with E-state index in [4.69, 9.17) is 28.3 Å². The van der Waals surface area contributed by atoms with E-state index >= 15 is 0 Å². The SMILES string of the molecule is CS(=O)(=O)Cl.CS(=O)(=O)OCC(O)Cc1ccc(Cl)nc1-c1cc2c(F)cccc2[nH]1.OCC(O)Cc1ccc(Cl)nc1-c1cc2c(F)cccc2[nH]1. The van der Waals surface area contributed by atoms with Gasteiger partial charge in [-0.2, -0.15) is 8.42 Å². The lowest BCUT2D eigenvalue weighted by Gasteiger charge is -2.13. The molecule has 6 rings (SSSR count). The van der Waals surface area contributed by atoms with Gasteiger partial charge in [0.1, 0.15) is 21.9 Å². The van der Waals surface area contributed by atoms with Crippen LogP contribution in [0.3, 0.4) is 0 Å². The van der Waals surface area contributed by atoms with Gasteiger partial charge in [-0.25, -0.2) is 27.2 Å². The lowest BCUT2D eigenvalue weighted by molar-refractivity contribution is 0.0955. The first-order valence-electron chi connectivity index (χ1n) is 15.4. The highest BCUT2D eigenvalue weighted by Gasteiger charge is 2.18. The molecule has 0 bridgehead atoms. The molecular formula is C34H33Cl3F2N4O8S2. The number of nitrogens with one attached hydrogen (secondary N) is 2. The van der Waals surface area contributed by atoms with Crippen molar-refractivity contribution in [3.05, 3.63) is 106 Å². The van der Waals surface area contributed by atoms with Crippen molar-refractivity contribution in [2.75, 3.05) is 25.7 Å². The minimum atomic E-state index is -3.65. The van der Waals surface area contributed by atoms with Gasteiger partial charge in [-0.3, -0.25) is 4.18 Å². The Kier molecular flexibility index (Phi) is 14.3. The number of rotatable bonds is 10. The summed E-state index contributed by atoms with van der Waals surface area (Å²) in [5.41, 5.74) is 4.74. The fraction of sp³-hybridized carbons (Fsp3) is 0.235. The zero-order valence-electron chi connectivity index (χ0n) is 27.9. The topological polar surface area (TPSA) is 196 Å². The van der Waals surface area contributed by atoms with E-state index in [1.54, 1.807) is 60.7 Å². The van der Waals surface area contributed by atoms with Gasteiger partial charge in [0.25, 0.3) is 10.1 Å². The highest BCUT2D eigenvalue weighted by atomic mass is 35.7. The Labute approximate surface area is 317 Å². The fourth-order valence-electron chi connectivity index (χ4n) is 5.05. The summed E-state index contributed by atoms with van der Waals surface area (Å²) in [5, 5.41) is 30.2. The van der Waals surface area contributed by atoms with Crippen molar-refractivity contribution in [1.29, 1.82) is 0 Å². The number of halogens is 5. The van der Waals surface area contributed by atoms with Crippen molar-refractivity contribution in [2.45, 2.75) is 25.0 Å². The average molecular weight is 834 g/mol. The smallest absolute Gasteiger partial charge is 0.264 e. The van der Waals surface area contributed by atoms with Crippen molar-refractivity contribution in [3.63, 3.8) is 0 Å². The normalized spacial score (nSPS) is 12.9. The predicted molar refractivity (Wildman–Crippen MR) is 201 cm³/mol. The molecule has 19 heteroatoms. The van der Waals surface area contributed by atoms with E-state index in [1.165, 1.54) is 12.1 Å². The Morgan fingerprint density at radius 3 is 1.53 bits per heavy atom. The van der Waals surface area contributed by atoms with Crippen LogP contribution in [0, 0.1) is 11.6 Å². The number of fused-ring (bicyclic) bond motifs is 2. The number of aromatic nitrogens is 4. The van der Waals surface area contributed by atoms with E-state index in [2.05, 4.69) is 34.8 Å². The van der Waals surface area contributed by atoms with Crippen LogP contribution in [0.15, 0.2) is 72.8 Å². The molecule has 4 aromatic heterocycles. The number of pyridine rings is 2.